The second-order valence-corrected chi connectivity index (χ2v) is 7.30. The van der Waals surface area contributed by atoms with Crippen molar-refractivity contribution in [3.05, 3.63) is 29.3 Å². The van der Waals surface area contributed by atoms with E-state index in [-0.39, 0.29) is 5.91 Å². The molecular weight excluding hydrogens is 344 g/mol. The fraction of sp³-hybridized carbons (Fsp3) is 0.600. The molecule has 0 radical (unpaired) electrons. The predicted octanol–water partition coefficient (Wildman–Crippen LogP) is 1.49. The molecule has 2 heterocycles. The van der Waals surface area contributed by atoms with E-state index in [1.807, 2.05) is 4.90 Å². The van der Waals surface area contributed by atoms with Gasteiger partial charge in [-0.05, 0) is 30.0 Å². The minimum atomic E-state index is -0.489. The minimum absolute atomic E-state index is 0.243. The number of amides is 3. The van der Waals surface area contributed by atoms with Gasteiger partial charge in [-0.25, -0.2) is 4.79 Å². The van der Waals surface area contributed by atoms with Gasteiger partial charge >= 0.3 is 6.03 Å². The lowest BCUT2D eigenvalue weighted by Crippen LogP contribution is -2.48. The summed E-state index contributed by atoms with van der Waals surface area (Å²) < 4.78 is 5.57. The first-order chi connectivity index (χ1) is 13.1. The zero-order chi connectivity index (χ0) is 19.1. The molecule has 3 rings (SSSR count). The third-order valence-corrected chi connectivity index (χ3v) is 5.25. The van der Waals surface area contributed by atoms with Gasteiger partial charge in [0, 0.05) is 52.1 Å². The van der Waals surface area contributed by atoms with Crippen molar-refractivity contribution in [2.45, 2.75) is 38.6 Å². The Balaban J connectivity index is 1.32. The van der Waals surface area contributed by atoms with Gasteiger partial charge in [-0.15, -0.1) is 0 Å². The first kappa shape index (κ1) is 19.5. The summed E-state index contributed by atoms with van der Waals surface area (Å²) in [5.41, 5.74) is 7.65. The number of fused-ring (bicyclic) bond motifs is 1. The highest BCUT2D eigenvalue weighted by Crippen LogP contribution is 2.26. The average Bonchev–Trinajstić information content (AvgIpc) is 3.12. The van der Waals surface area contributed by atoms with E-state index in [9.17, 15) is 9.59 Å². The summed E-state index contributed by atoms with van der Waals surface area (Å²) in [5.74, 6) is 1.27. The highest BCUT2D eigenvalue weighted by Gasteiger charge is 2.21. The van der Waals surface area contributed by atoms with E-state index in [2.05, 4.69) is 28.4 Å². The van der Waals surface area contributed by atoms with E-state index in [4.69, 9.17) is 10.5 Å². The molecule has 0 spiro atoms. The summed E-state index contributed by atoms with van der Waals surface area (Å²) in [5, 5.41) is 2.57. The molecule has 0 bridgehead atoms. The maximum atomic E-state index is 12.3. The van der Waals surface area contributed by atoms with E-state index in [0.717, 1.165) is 70.8 Å². The molecule has 27 heavy (non-hydrogen) atoms. The van der Waals surface area contributed by atoms with Crippen LogP contribution < -0.4 is 15.8 Å². The topological polar surface area (TPSA) is 87.9 Å². The maximum Gasteiger partial charge on any atom is 0.312 e. The Morgan fingerprint density at radius 1 is 1.11 bits per heavy atom. The molecule has 0 unspecified atom stereocenters. The Morgan fingerprint density at radius 2 is 1.93 bits per heavy atom. The van der Waals surface area contributed by atoms with Gasteiger partial charge in [-0.1, -0.05) is 18.6 Å². The third-order valence-electron chi connectivity index (χ3n) is 5.25. The number of piperazine rings is 1. The Labute approximate surface area is 160 Å². The van der Waals surface area contributed by atoms with E-state index < -0.39 is 6.03 Å². The molecule has 2 aliphatic rings. The molecule has 0 atom stereocenters. The lowest BCUT2D eigenvalue weighted by molar-refractivity contribution is -0.133. The van der Waals surface area contributed by atoms with Crippen molar-refractivity contribution in [1.29, 1.82) is 0 Å². The zero-order valence-electron chi connectivity index (χ0n) is 15.9. The maximum absolute atomic E-state index is 12.3. The first-order valence-corrected chi connectivity index (χ1v) is 9.90. The van der Waals surface area contributed by atoms with Gasteiger partial charge in [0.2, 0.25) is 5.91 Å². The first-order valence-electron chi connectivity index (χ1n) is 9.90. The molecule has 1 fully saturated rings. The number of urea groups is 1. The van der Waals surface area contributed by atoms with Gasteiger partial charge < -0.3 is 20.7 Å². The minimum Gasteiger partial charge on any atom is -0.493 e. The van der Waals surface area contributed by atoms with Crippen LogP contribution in [-0.4, -0.2) is 61.1 Å². The Kier molecular flexibility index (Phi) is 6.92. The average molecular weight is 374 g/mol. The van der Waals surface area contributed by atoms with Crippen LogP contribution in [0.25, 0.3) is 0 Å². The standard InChI is InChI=1S/C20H30N4O3/c21-20(26)22-8-3-1-2-4-19(25)24-11-9-23(10-12-24)15-16-5-6-18-17(14-16)7-13-27-18/h5-6,14H,1-4,7-13,15H2,(H3,21,22,26). The number of unbranched alkanes of at least 4 members (excludes halogenated alkanes) is 2. The van der Waals surface area contributed by atoms with Crippen LogP contribution in [0.4, 0.5) is 4.79 Å². The number of carbonyl (C=O) groups is 2. The molecule has 2 aliphatic heterocycles. The van der Waals surface area contributed by atoms with Gasteiger partial charge in [0.15, 0.2) is 0 Å². The molecule has 0 aliphatic carbocycles. The number of primary amides is 1. The number of nitrogens with zero attached hydrogens (tertiary/aromatic N) is 2. The molecule has 0 saturated carbocycles. The van der Waals surface area contributed by atoms with Crippen LogP contribution in [0.1, 0.15) is 36.8 Å². The summed E-state index contributed by atoms with van der Waals surface area (Å²) >= 11 is 0. The number of carbonyl (C=O) groups excluding carboxylic acids is 2. The van der Waals surface area contributed by atoms with Gasteiger partial charge in [0.1, 0.15) is 5.75 Å². The Morgan fingerprint density at radius 3 is 2.70 bits per heavy atom. The normalized spacial score (nSPS) is 16.7. The molecule has 3 amide bonds. The van der Waals surface area contributed by atoms with E-state index in [1.54, 1.807) is 0 Å². The summed E-state index contributed by atoms with van der Waals surface area (Å²) in [7, 11) is 0. The molecule has 7 nitrogen and oxygen atoms in total. The van der Waals surface area contributed by atoms with Crippen molar-refractivity contribution in [1.82, 2.24) is 15.1 Å². The van der Waals surface area contributed by atoms with Crippen molar-refractivity contribution < 1.29 is 14.3 Å². The Hall–Kier alpha value is -2.28. The Bertz CT molecular complexity index is 657. The fourth-order valence-electron chi connectivity index (χ4n) is 3.70. The van der Waals surface area contributed by atoms with E-state index in [1.165, 1.54) is 11.1 Å². The molecule has 7 heteroatoms. The quantitative estimate of drug-likeness (QED) is 0.675. The van der Waals surface area contributed by atoms with Crippen LogP contribution in [0.3, 0.4) is 0 Å². The number of rotatable bonds is 8. The smallest absolute Gasteiger partial charge is 0.312 e. The van der Waals surface area contributed by atoms with E-state index >= 15 is 0 Å². The van der Waals surface area contributed by atoms with Crippen LogP contribution in [-0.2, 0) is 17.8 Å². The number of hydrogen-bond donors (Lipinski definition) is 2. The van der Waals surface area contributed by atoms with Crippen molar-refractivity contribution in [3.63, 3.8) is 0 Å². The fourth-order valence-corrected chi connectivity index (χ4v) is 3.70. The molecule has 148 valence electrons. The van der Waals surface area contributed by atoms with Gasteiger partial charge in [-0.3, -0.25) is 9.69 Å². The molecular formula is C20H30N4O3. The number of nitrogens with two attached hydrogens (primary N) is 1. The van der Waals surface area contributed by atoms with E-state index in [0.29, 0.717) is 13.0 Å². The number of benzene rings is 1. The van der Waals surface area contributed by atoms with Gasteiger partial charge in [-0.2, -0.15) is 0 Å². The predicted molar refractivity (Wildman–Crippen MR) is 104 cm³/mol. The highest BCUT2D eigenvalue weighted by atomic mass is 16.5. The van der Waals surface area contributed by atoms with Gasteiger partial charge in [0.25, 0.3) is 0 Å². The number of hydrogen-bond acceptors (Lipinski definition) is 4. The van der Waals surface area contributed by atoms with Crippen molar-refractivity contribution in [3.8, 4) is 5.75 Å². The van der Waals surface area contributed by atoms with Crippen molar-refractivity contribution in [2.24, 2.45) is 5.73 Å². The third kappa shape index (κ3) is 5.85. The lowest BCUT2D eigenvalue weighted by atomic mass is 10.1. The van der Waals surface area contributed by atoms with Crippen molar-refractivity contribution >= 4 is 11.9 Å². The summed E-state index contributed by atoms with van der Waals surface area (Å²) in [4.78, 5) is 27.3. The molecule has 0 aromatic heterocycles. The van der Waals surface area contributed by atoms with Gasteiger partial charge in [0.05, 0.1) is 6.61 Å². The number of nitrogens with one attached hydrogen (secondary N) is 1. The monoisotopic (exact) mass is 374 g/mol. The van der Waals surface area contributed by atoms with Crippen LogP contribution >= 0.6 is 0 Å². The van der Waals surface area contributed by atoms with Crippen LogP contribution in [0, 0.1) is 0 Å². The van der Waals surface area contributed by atoms with Crippen molar-refractivity contribution in [2.75, 3.05) is 39.3 Å². The summed E-state index contributed by atoms with van der Waals surface area (Å²) in [6.07, 6.45) is 4.23. The highest BCUT2D eigenvalue weighted by molar-refractivity contribution is 5.76. The molecule has 1 aromatic rings. The summed E-state index contributed by atoms with van der Waals surface area (Å²) in [6.45, 7) is 5.75. The second kappa shape index (κ2) is 9.60. The largest absolute Gasteiger partial charge is 0.493 e. The molecule has 1 aromatic carbocycles. The molecule has 1 saturated heterocycles. The molecule has 3 N–H and O–H groups in total. The SMILES string of the molecule is NC(=O)NCCCCCC(=O)N1CCN(Cc2ccc3c(c2)CCO3)CC1. The zero-order valence-corrected chi connectivity index (χ0v) is 15.9. The van der Waals surface area contributed by atoms with Crippen LogP contribution in [0.5, 0.6) is 5.75 Å². The van der Waals surface area contributed by atoms with Crippen LogP contribution in [0.15, 0.2) is 18.2 Å². The lowest BCUT2D eigenvalue weighted by Gasteiger charge is -2.35. The summed E-state index contributed by atoms with van der Waals surface area (Å²) in [6, 6.07) is 6.00. The number of ether oxygens (including phenoxy) is 1. The van der Waals surface area contributed by atoms with Crippen LogP contribution in [0.2, 0.25) is 0 Å². The second-order valence-electron chi connectivity index (χ2n) is 7.30.